The number of rotatable bonds is 8. The Morgan fingerprint density at radius 1 is 1.25 bits per heavy atom. The van der Waals surface area contributed by atoms with Gasteiger partial charge in [0.05, 0.1) is 23.4 Å². The fourth-order valence-corrected chi connectivity index (χ4v) is 4.84. The number of carbonyl (C=O) groups excluding carboxylic acids is 1. The summed E-state index contributed by atoms with van der Waals surface area (Å²) in [6, 6.07) is 11.8. The number of aromatic nitrogens is 1. The molecule has 0 spiro atoms. The Hall–Kier alpha value is -1.91. The fourth-order valence-electron chi connectivity index (χ4n) is 3.28. The summed E-state index contributed by atoms with van der Waals surface area (Å²) in [7, 11) is 0. The Labute approximate surface area is 201 Å². The van der Waals surface area contributed by atoms with Gasteiger partial charge in [0.15, 0.2) is 11.7 Å². The lowest BCUT2D eigenvalue weighted by atomic mass is 10.3. The number of carbonyl (C=O) groups is 1. The molecule has 1 aromatic heterocycles. The summed E-state index contributed by atoms with van der Waals surface area (Å²) in [5.41, 5.74) is 0.876. The van der Waals surface area contributed by atoms with Gasteiger partial charge in [-0.05, 0) is 48.7 Å². The molecule has 4 rings (SSSR count). The van der Waals surface area contributed by atoms with Gasteiger partial charge < -0.3 is 9.47 Å². The van der Waals surface area contributed by atoms with Crippen molar-refractivity contribution in [2.24, 2.45) is 0 Å². The van der Waals surface area contributed by atoms with Crippen LogP contribution in [-0.2, 0) is 9.53 Å². The third-order valence-electron chi connectivity index (χ3n) is 5.04. The smallest absolute Gasteiger partial charge is 0.266 e. The number of hydrogen-bond donors (Lipinski definition) is 0. The van der Waals surface area contributed by atoms with Gasteiger partial charge in [0.1, 0.15) is 11.6 Å². The maximum Gasteiger partial charge on any atom is 0.266 e. The first kappa shape index (κ1) is 24.7. The molecule has 1 aliphatic rings. The van der Waals surface area contributed by atoms with Crippen LogP contribution in [-0.4, -0.2) is 68.0 Å². The van der Waals surface area contributed by atoms with Crippen LogP contribution in [0.1, 0.15) is 0 Å². The van der Waals surface area contributed by atoms with Gasteiger partial charge in [-0.1, -0.05) is 11.3 Å². The van der Waals surface area contributed by atoms with Crippen LogP contribution in [0.3, 0.4) is 0 Å². The molecule has 172 valence electrons. The quantitative estimate of drug-likeness (QED) is 0.432. The van der Waals surface area contributed by atoms with Crippen molar-refractivity contribution in [3.05, 3.63) is 48.3 Å². The Bertz CT molecular complexity index is 1030. The maximum atomic E-state index is 13.1. The van der Waals surface area contributed by atoms with Gasteiger partial charge in [0, 0.05) is 31.1 Å². The highest BCUT2D eigenvalue weighted by Gasteiger charge is 2.22. The van der Waals surface area contributed by atoms with E-state index in [-0.39, 0.29) is 30.7 Å². The Kier molecular flexibility index (Phi) is 9.12. The summed E-state index contributed by atoms with van der Waals surface area (Å²) < 4.78 is 25.2. The van der Waals surface area contributed by atoms with Crippen LogP contribution < -0.4 is 9.64 Å². The van der Waals surface area contributed by atoms with Crippen molar-refractivity contribution in [3.63, 3.8) is 0 Å². The van der Waals surface area contributed by atoms with Crippen molar-refractivity contribution < 1.29 is 18.7 Å². The van der Waals surface area contributed by atoms with E-state index in [9.17, 15) is 9.18 Å². The highest BCUT2D eigenvalue weighted by Crippen LogP contribution is 2.31. The molecule has 0 aliphatic carbocycles. The highest BCUT2D eigenvalue weighted by atomic mass is 35.5. The van der Waals surface area contributed by atoms with Gasteiger partial charge in [-0.3, -0.25) is 14.6 Å². The van der Waals surface area contributed by atoms with Crippen molar-refractivity contribution in [2.45, 2.75) is 4.90 Å². The van der Waals surface area contributed by atoms with E-state index in [1.165, 1.54) is 35.6 Å². The van der Waals surface area contributed by atoms with Gasteiger partial charge in [0.2, 0.25) is 0 Å². The third-order valence-corrected chi connectivity index (χ3v) is 6.80. The molecule has 0 N–H and O–H groups in total. The van der Waals surface area contributed by atoms with Crippen LogP contribution in [0.15, 0.2) is 47.4 Å². The molecule has 2 heterocycles. The van der Waals surface area contributed by atoms with Crippen LogP contribution in [0.2, 0.25) is 0 Å². The van der Waals surface area contributed by atoms with Crippen LogP contribution >= 0.6 is 35.5 Å². The lowest BCUT2D eigenvalue weighted by Gasteiger charge is -2.29. The summed E-state index contributed by atoms with van der Waals surface area (Å²) >= 11 is 3.18. The molecule has 0 radical (unpaired) electrons. The molecular formula is C22H25ClFN3O3S2. The molecule has 0 unspecified atom stereocenters. The molecule has 0 saturated carbocycles. The van der Waals surface area contributed by atoms with Crippen LogP contribution in [0.4, 0.5) is 9.52 Å². The predicted molar refractivity (Wildman–Crippen MR) is 130 cm³/mol. The van der Waals surface area contributed by atoms with E-state index in [2.05, 4.69) is 11.0 Å². The molecule has 2 aromatic carbocycles. The number of morpholine rings is 1. The van der Waals surface area contributed by atoms with Gasteiger partial charge in [0.25, 0.3) is 5.91 Å². The number of ether oxygens (including phenoxy) is 2. The van der Waals surface area contributed by atoms with E-state index in [0.29, 0.717) is 30.6 Å². The average Bonchev–Trinajstić information content (AvgIpc) is 3.22. The maximum absolute atomic E-state index is 13.1. The van der Waals surface area contributed by atoms with E-state index >= 15 is 0 Å². The third kappa shape index (κ3) is 6.32. The number of anilines is 1. The molecule has 6 nitrogen and oxygen atoms in total. The van der Waals surface area contributed by atoms with Crippen LogP contribution in [0.25, 0.3) is 10.2 Å². The van der Waals surface area contributed by atoms with E-state index < -0.39 is 0 Å². The van der Waals surface area contributed by atoms with Crippen LogP contribution in [0, 0.1) is 5.82 Å². The normalized spacial score (nSPS) is 14.2. The minimum Gasteiger partial charge on any atom is -0.484 e. The van der Waals surface area contributed by atoms with Gasteiger partial charge in [-0.2, -0.15) is 0 Å². The van der Waals surface area contributed by atoms with Crippen molar-refractivity contribution in [2.75, 3.05) is 57.2 Å². The summed E-state index contributed by atoms with van der Waals surface area (Å²) in [4.78, 5) is 22.9. The number of benzene rings is 2. The zero-order valence-electron chi connectivity index (χ0n) is 17.7. The Morgan fingerprint density at radius 2 is 2.00 bits per heavy atom. The van der Waals surface area contributed by atoms with E-state index in [1.54, 1.807) is 16.7 Å². The zero-order chi connectivity index (χ0) is 21.6. The second kappa shape index (κ2) is 11.8. The van der Waals surface area contributed by atoms with E-state index in [0.717, 1.165) is 34.7 Å². The first-order valence-electron chi connectivity index (χ1n) is 10.1. The number of amides is 1. The molecule has 32 heavy (non-hydrogen) atoms. The molecule has 1 fully saturated rings. The van der Waals surface area contributed by atoms with Crippen molar-refractivity contribution in [1.29, 1.82) is 0 Å². The van der Waals surface area contributed by atoms with Gasteiger partial charge in [-0.25, -0.2) is 9.37 Å². The molecule has 0 atom stereocenters. The average molecular weight is 498 g/mol. The number of hydrogen-bond acceptors (Lipinski definition) is 7. The molecular weight excluding hydrogens is 473 g/mol. The topological polar surface area (TPSA) is 54.9 Å². The lowest BCUT2D eigenvalue weighted by molar-refractivity contribution is -0.120. The summed E-state index contributed by atoms with van der Waals surface area (Å²) in [6.45, 7) is 4.23. The SMILES string of the molecule is CSc1ccc2nc(N(CCN3CCOCC3)C(=O)COc3ccc(F)cc3)sc2c1.Cl. The summed E-state index contributed by atoms with van der Waals surface area (Å²) in [5, 5.41) is 0.661. The minimum absolute atomic E-state index is 0. The monoisotopic (exact) mass is 497 g/mol. The molecule has 0 bridgehead atoms. The Balaban J connectivity index is 0.00000289. The van der Waals surface area contributed by atoms with Crippen molar-refractivity contribution >= 4 is 56.8 Å². The number of thiazole rings is 1. The number of fused-ring (bicyclic) bond motifs is 1. The predicted octanol–water partition coefficient (Wildman–Crippen LogP) is 4.32. The van der Waals surface area contributed by atoms with Gasteiger partial charge in [-0.15, -0.1) is 24.2 Å². The van der Waals surface area contributed by atoms with Gasteiger partial charge >= 0.3 is 0 Å². The minimum atomic E-state index is -0.343. The lowest BCUT2D eigenvalue weighted by Crippen LogP contribution is -2.44. The van der Waals surface area contributed by atoms with Crippen LogP contribution in [0.5, 0.6) is 5.75 Å². The first-order valence-corrected chi connectivity index (χ1v) is 12.1. The van der Waals surface area contributed by atoms with E-state index in [4.69, 9.17) is 14.5 Å². The second-order valence-corrected chi connectivity index (χ2v) is 8.96. The van der Waals surface area contributed by atoms with E-state index in [1.807, 2.05) is 18.4 Å². The number of thioether (sulfide) groups is 1. The summed E-state index contributed by atoms with van der Waals surface area (Å²) in [5.74, 6) is -0.0663. The number of halogens is 2. The standard InChI is InChI=1S/C22H24FN3O3S2.ClH/c1-30-18-6-7-19-20(14-18)31-22(24-19)26(9-8-25-10-12-28-13-11-25)21(27)15-29-17-4-2-16(23)3-5-17;/h2-7,14H,8-13,15H2,1H3;1H. The van der Waals surface area contributed by atoms with Crippen molar-refractivity contribution in [1.82, 2.24) is 9.88 Å². The molecule has 1 amide bonds. The molecule has 1 saturated heterocycles. The van der Waals surface area contributed by atoms with Crippen molar-refractivity contribution in [3.8, 4) is 5.75 Å². The summed E-state index contributed by atoms with van der Waals surface area (Å²) in [6.07, 6.45) is 2.04. The molecule has 3 aromatic rings. The fraction of sp³-hybridized carbons (Fsp3) is 0.364. The number of nitrogens with zero attached hydrogens (tertiary/aromatic N) is 3. The second-order valence-electron chi connectivity index (χ2n) is 7.07. The first-order chi connectivity index (χ1) is 15.1. The highest BCUT2D eigenvalue weighted by molar-refractivity contribution is 7.98. The molecule has 10 heteroatoms. The Morgan fingerprint density at radius 3 is 2.72 bits per heavy atom. The largest absolute Gasteiger partial charge is 0.484 e. The molecule has 1 aliphatic heterocycles. The zero-order valence-corrected chi connectivity index (χ0v) is 20.1.